The van der Waals surface area contributed by atoms with Gasteiger partial charge in [-0.1, -0.05) is 0 Å². The summed E-state index contributed by atoms with van der Waals surface area (Å²) in [4.78, 5) is 44.9. The number of ether oxygens (including phenoxy) is 1. The molecule has 1 aliphatic carbocycles. The molecule has 0 saturated heterocycles. The van der Waals surface area contributed by atoms with Crippen molar-refractivity contribution in [2.75, 3.05) is 0 Å². The highest BCUT2D eigenvalue weighted by atomic mass is 16.6. The molecule has 0 spiro atoms. The van der Waals surface area contributed by atoms with E-state index in [1.54, 1.807) is 0 Å². The minimum absolute atomic E-state index is 0.00745. The van der Waals surface area contributed by atoms with Crippen LogP contribution in [-0.2, 0) is 23.9 Å². The fraction of sp³-hybridized carbons (Fsp3) is 0.500. The van der Waals surface area contributed by atoms with Crippen molar-refractivity contribution < 1.29 is 34.1 Å². The summed E-state index contributed by atoms with van der Waals surface area (Å²) in [5.41, 5.74) is -1.68. The van der Waals surface area contributed by atoms with Gasteiger partial charge in [-0.05, 0) is 25.7 Å². The van der Waals surface area contributed by atoms with E-state index in [4.69, 9.17) is 5.11 Å². The summed E-state index contributed by atoms with van der Waals surface area (Å²) in [6, 6.07) is 0. The molecule has 2 N–H and O–H groups in total. The third kappa shape index (κ3) is 2.11. The molecule has 0 radical (unpaired) electrons. The normalized spacial score (nSPS) is 30.7. The van der Waals surface area contributed by atoms with E-state index >= 15 is 0 Å². The van der Waals surface area contributed by atoms with Crippen molar-refractivity contribution in [2.24, 2.45) is 11.3 Å². The van der Waals surface area contributed by atoms with E-state index in [0.717, 1.165) is 6.08 Å². The van der Waals surface area contributed by atoms with Gasteiger partial charge in [0.15, 0.2) is 0 Å². The Kier molecular flexibility index (Phi) is 3.13. The van der Waals surface area contributed by atoms with Crippen LogP contribution in [0.3, 0.4) is 0 Å². The Morgan fingerprint density at radius 1 is 1.21 bits per heavy atom. The Balaban J connectivity index is 2.29. The fourth-order valence-corrected chi connectivity index (χ4v) is 2.64. The number of hydrogen-bond acceptors (Lipinski definition) is 5. The van der Waals surface area contributed by atoms with Gasteiger partial charge in [-0.25, -0.2) is 9.59 Å². The molecule has 2 rings (SSSR count). The molecular formula is C12H12O7. The van der Waals surface area contributed by atoms with E-state index < -0.39 is 35.2 Å². The van der Waals surface area contributed by atoms with Gasteiger partial charge in [0.25, 0.3) is 0 Å². The number of aliphatic carboxylic acids is 2. The molecule has 1 aliphatic heterocycles. The first-order chi connectivity index (χ1) is 8.86. The topological polar surface area (TPSA) is 118 Å². The summed E-state index contributed by atoms with van der Waals surface area (Å²) >= 11 is 0. The van der Waals surface area contributed by atoms with Gasteiger partial charge < -0.3 is 14.9 Å². The van der Waals surface area contributed by atoms with Crippen LogP contribution in [0.15, 0.2) is 11.6 Å². The third-order valence-corrected chi connectivity index (χ3v) is 3.79. The van der Waals surface area contributed by atoms with Crippen molar-refractivity contribution in [1.82, 2.24) is 0 Å². The van der Waals surface area contributed by atoms with E-state index in [2.05, 4.69) is 4.74 Å². The average molecular weight is 268 g/mol. The molecule has 7 nitrogen and oxygen atoms in total. The number of carboxylic acids is 2. The maximum Gasteiger partial charge on any atom is 0.343 e. The smallest absolute Gasteiger partial charge is 0.343 e. The summed E-state index contributed by atoms with van der Waals surface area (Å²) in [5.74, 6) is -4.63. The lowest BCUT2D eigenvalue weighted by molar-refractivity contribution is -0.157. The van der Waals surface area contributed by atoms with E-state index in [0.29, 0.717) is 0 Å². The Hall–Kier alpha value is -2.18. The Morgan fingerprint density at radius 3 is 2.16 bits per heavy atom. The molecule has 19 heavy (non-hydrogen) atoms. The van der Waals surface area contributed by atoms with E-state index in [1.807, 2.05) is 0 Å². The first kappa shape index (κ1) is 13.3. The lowest BCUT2D eigenvalue weighted by atomic mass is 9.66. The Bertz CT molecular complexity index is 494. The quantitative estimate of drug-likeness (QED) is 0.559. The SMILES string of the molecule is O=C1C=C(C2(C(=O)O)CCC(C(=O)O)CC2)C(=O)O1. The van der Waals surface area contributed by atoms with Gasteiger partial charge in [0, 0.05) is 6.08 Å². The minimum atomic E-state index is -1.50. The maximum absolute atomic E-state index is 11.5. The molecule has 0 atom stereocenters. The van der Waals surface area contributed by atoms with Crippen LogP contribution in [0.25, 0.3) is 0 Å². The number of hydrogen-bond donors (Lipinski definition) is 2. The summed E-state index contributed by atoms with van der Waals surface area (Å²) in [6.07, 6.45) is 1.22. The first-order valence-electron chi connectivity index (χ1n) is 5.81. The predicted molar refractivity (Wildman–Crippen MR) is 58.8 cm³/mol. The van der Waals surface area contributed by atoms with Gasteiger partial charge in [-0.2, -0.15) is 0 Å². The Labute approximate surface area is 107 Å². The summed E-state index contributed by atoms with van der Waals surface area (Å²) in [5, 5.41) is 18.3. The molecule has 0 aromatic rings. The number of rotatable bonds is 3. The molecule has 1 fully saturated rings. The first-order valence-corrected chi connectivity index (χ1v) is 5.81. The van der Waals surface area contributed by atoms with Crippen LogP contribution < -0.4 is 0 Å². The highest BCUT2D eigenvalue weighted by Gasteiger charge is 2.51. The molecule has 0 aromatic carbocycles. The van der Waals surface area contributed by atoms with Crippen molar-refractivity contribution in [3.63, 3.8) is 0 Å². The molecule has 0 bridgehead atoms. The van der Waals surface area contributed by atoms with Crippen LogP contribution in [0.4, 0.5) is 0 Å². The zero-order chi connectivity index (χ0) is 14.2. The van der Waals surface area contributed by atoms with Crippen LogP contribution in [-0.4, -0.2) is 34.1 Å². The van der Waals surface area contributed by atoms with Crippen molar-refractivity contribution in [3.8, 4) is 0 Å². The van der Waals surface area contributed by atoms with Crippen molar-refractivity contribution in [1.29, 1.82) is 0 Å². The maximum atomic E-state index is 11.5. The molecule has 102 valence electrons. The Morgan fingerprint density at radius 2 is 1.79 bits per heavy atom. The van der Waals surface area contributed by atoms with Gasteiger partial charge in [0.1, 0.15) is 5.41 Å². The van der Waals surface area contributed by atoms with Gasteiger partial charge in [-0.15, -0.1) is 0 Å². The third-order valence-electron chi connectivity index (χ3n) is 3.79. The zero-order valence-corrected chi connectivity index (χ0v) is 9.92. The number of carbonyl (C=O) groups is 4. The van der Waals surface area contributed by atoms with Crippen LogP contribution in [0.2, 0.25) is 0 Å². The van der Waals surface area contributed by atoms with Crippen molar-refractivity contribution in [2.45, 2.75) is 25.7 Å². The summed E-state index contributed by atoms with van der Waals surface area (Å²) in [7, 11) is 0. The van der Waals surface area contributed by atoms with Crippen molar-refractivity contribution in [3.05, 3.63) is 11.6 Å². The van der Waals surface area contributed by atoms with Crippen LogP contribution in [0.1, 0.15) is 25.7 Å². The molecule has 2 aliphatic rings. The van der Waals surface area contributed by atoms with Gasteiger partial charge in [0.2, 0.25) is 0 Å². The standard InChI is InChI=1S/C12H12O7/c13-8-5-7(10(16)19-8)12(11(17)18)3-1-6(2-4-12)9(14)15/h5-6H,1-4H2,(H,14,15)(H,17,18). The van der Waals surface area contributed by atoms with Crippen LogP contribution in [0, 0.1) is 11.3 Å². The number of carboxylic acid groups (broad SMARTS) is 2. The fourth-order valence-electron chi connectivity index (χ4n) is 2.64. The largest absolute Gasteiger partial charge is 0.481 e. The zero-order valence-electron chi connectivity index (χ0n) is 9.92. The van der Waals surface area contributed by atoms with E-state index in [-0.39, 0.29) is 31.3 Å². The van der Waals surface area contributed by atoms with Crippen molar-refractivity contribution >= 4 is 23.9 Å². The summed E-state index contributed by atoms with van der Waals surface area (Å²) in [6.45, 7) is 0. The molecule has 0 amide bonds. The number of cyclic esters (lactones) is 2. The highest BCUT2D eigenvalue weighted by molar-refractivity contribution is 6.12. The van der Waals surface area contributed by atoms with Gasteiger partial charge in [-0.3, -0.25) is 9.59 Å². The second-order valence-electron chi connectivity index (χ2n) is 4.77. The highest BCUT2D eigenvalue weighted by Crippen LogP contribution is 2.46. The van der Waals surface area contributed by atoms with Crippen LogP contribution in [0.5, 0.6) is 0 Å². The molecular weight excluding hydrogens is 256 g/mol. The second kappa shape index (κ2) is 4.49. The van der Waals surface area contributed by atoms with E-state index in [9.17, 15) is 24.3 Å². The molecule has 0 aromatic heterocycles. The van der Waals surface area contributed by atoms with Gasteiger partial charge in [0.05, 0.1) is 11.5 Å². The van der Waals surface area contributed by atoms with E-state index in [1.165, 1.54) is 0 Å². The summed E-state index contributed by atoms with van der Waals surface area (Å²) < 4.78 is 4.33. The lowest BCUT2D eigenvalue weighted by Crippen LogP contribution is -2.40. The van der Waals surface area contributed by atoms with Crippen LogP contribution >= 0.6 is 0 Å². The predicted octanol–water partition coefficient (Wildman–Crippen LogP) is 0.342. The molecule has 7 heteroatoms. The number of carbonyl (C=O) groups excluding carboxylic acids is 2. The minimum Gasteiger partial charge on any atom is -0.481 e. The second-order valence-corrected chi connectivity index (χ2v) is 4.77. The number of esters is 2. The monoisotopic (exact) mass is 268 g/mol. The van der Waals surface area contributed by atoms with Gasteiger partial charge >= 0.3 is 23.9 Å². The molecule has 1 heterocycles. The molecule has 0 unspecified atom stereocenters. The average Bonchev–Trinajstić information content (AvgIpc) is 2.68. The molecule has 1 saturated carbocycles. The lowest BCUT2D eigenvalue weighted by Gasteiger charge is -2.35.